The second-order valence-electron chi connectivity index (χ2n) is 7.37. The van der Waals surface area contributed by atoms with Gasteiger partial charge in [-0.2, -0.15) is 0 Å². The van der Waals surface area contributed by atoms with Crippen molar-refractivity contribution in [1.82, 2.24) is 0 Å². The molecule has 0 fully saturated rings. The molecule has 0 spiro atoms. The molecule has 8 heteroatoms. The topological polar surface area (TPSA) is 95.9 Å². The van der Waals surface area contributed by atoms with Crippen LogP contribution in [0, 0.1) is 5.41 Å². The van der Waals surface area contributed by atoms with Crippen LogP contribution in [-0.4, -0.2) is 22.3 Å². The fourth-order valence-electron chi connectivity index (χ4n) is 2.98. The molecule has 0 aliphatic rings. The standard InChI is InChI=1S/C22H23Br2NO5/c1-22(2,11-7-6-10-18(26)27)20(16-12-14(23)13-17(24)19(16)28)30-21(29)25-15-8-4-3-5-9-15/h3-6,8-10,12-13,20,28H,7,11H2,1-2H3,(H,25,29)(H,26,27)/b10-6+/t20-/m0/s1. The fourth-order valence-corrected chi connectivity index (χ4v) is 4.23. The molecule has 1 amide bonds. The number of para-hydroxylation sites is 1. The Hall–Kier alpha value is -2.32. The second-order valence-corrected chi connectivity index (χ2v) is 9.14. The number of amides is 1. The van der Waals surface area contributed by atoms with Crippen molar-refractivity contribution in [3.8, 4) is 5.75 Å². The number of anilines is 1. The number of aliphatic carboxylic acids is 1. The molecule has 2 aromatic rings. The average Bonchev–Trinajstić information content (AvgIpc) is 2.67. The zero-order chi connectivity index (χ0) is 22.3. The number of phenols is 1. The molecule has 0 unspecified atom stereocenters. The summed E-state index contributed by atoms with van der Waals surface area (Å²) < 4.78 is 6.95. The highest BCUT2D eigenvalue weighted by molar-refractivity contribution is 9.11. The third-order valence-electron chi connectivity index (χ3n) is 4.51. The molecule has 2 rings (SSSR count). The van der Waals surface area contributed by atoms with Crippen molar-refractivity contribution in [2.75, 3.05) is 5.32 Å². The first-order valence-corrected chi connectivity index (χ1v) is 10.8. The average molecular weight is 541 g/mol. The van der Waals surface area contributed by atoms with E-state index in [1.165, 1.54) is 0 Å². The molecule has 0 aromatic heterocycles. The van der Waals surface area contributed by atoms with E-state index >= 15 is 0 Å². The minimum absolute atomic E-state index is 0.0233. The zero-order valence-corrected chi connectivity index (χ0v) is 19.7. The summed E-state index contributed by atoms with van der Waals surface area (Å²) in [6.07, 6.45) is 2.17. The van der Waals surface area contributed by atoms with Gasteiger partial charge < -0.3 is 14.9 Å². The van der Waals surface area contributed by atoms with Crippen LogP contribution < -0.4 is 5.32 Å². The predicted octanol–water partition coefficient (Wildman–Crippen LogP) is 6.65. The Kier molecular flexibility index (Phi) is 8.49. The Bertz CT molecular complexity index is 929. The number of carboxylic acid groups (broad SMARTS) is 1. The summed E-state index contributed by atoms with van der Waals surface area (Å²) >= 11 is 6.73. The Morgan fingerprint density at radius 2 is 1.87 bits per heavy atom. The molecule has 3 N–H and O–H groups in total. The van der Waals surface area contributed by atoms with Crippen LogP contribution in [0.1, 0.15) is 38.4 Å². The molecule has 0 saturated heterocycles. The summed E-state index contributed by atoms with van der Waals surface area (Å²) in [4.78, 5) is 23.3. The van der Waals surface area contributed by atoms with Gasteiger partial charge in [-0.1, -0.05) is 54.1 Å². The number of carbonyl (C=O) groups excluding carboxylic acids is 1. The number of rotatable bonds is 8. The van der Waals surface area contributed by atoms with E-state index in [1.807, 2.05) is 19.9 Å². The number of hydrogen-bond donors (Lipinski definition) is 3. The van der Waals surface area contributed by atoms with E-state index in [0.717, 1.165) is 6.08 Å². The summed E-state index contributed by atoms with van der Waals surface area (Å²) in [5, 5.41) is 22.1. The van der Waals surface area contributed by atoms with Gasteiger partial charge in [0.15, 0.2) is 0 Å². The number of carbonyl (C=O) groups is 2. The van der Waals surface area contributed by atoms with Crippen LogP contribution >= 0.6 is 31.9 Å². The Morgan fingerprint density at radius 1 is 1.20 bits per heavy atom. The van der Waals surface area contributed by atoms with E-state index in [1.54, 1.807) is 42.5 Å². The molecule has 30 heavy (non-hydrogen) atoms. The lowest BCUT2D eigenvalue weighted by atomic mass is 9.78. The normalized spacial score (nSPS) is 12.5. The van der Waals surface area contributed by atoms with Crippen molar-refractivity contribution in [3.63, 3.8) is 0 Å². The lowest BCUT2D eigenvalue weighted by molar-refractivity contribution is -0.131. The molecule has 0 radical (unpaired) electrons. The predicted molar refractivity (Wildman–Crippen MR) is 123 cm³/mol. The molecule has 2 aromatic carbocycles. The van der Waals surface area contributed by atoms with E-state index < -0.39 is 23.6 Å². The van der Waals surface area contributed by atoms with Crippen LogP contribution in [0.25, 0.3) is 0 Å². The zero-order valence-electron chi connectivity index (χ0n) is 16.6. The summed E-state index contributed by atoms with van der Waals surface area (Å²) in [6.45, 7) is 3.80. The number of phenolic OH excluding ortho intramolecular Hbond substituents is 1. The number of halogens is 2. The van der Waals surface area contributed by atoms with Crippen molar-refractivity contribution in [2.45, 2.75) is 32.8 Å². The van der Waals surface area contributed by atoms with Gasteiger partial charge >= 0.3 is 12.1 Å². The van der Waals surface area contributed by atoms with Gasteiger partial charge in [0, 0.05) is 27.2 Å². The van der Waals surface area contributed by atoms with Crippen molar-refractivity contribution in [1.29, 1.82) is 0 Å². The van der Waals surface area contributed by atoms with Gasteiger partial charge in [0.05, 0.1) is 4.47 Å². The summed E-state index contributed by atoms with van der Waals surface area (Å²) in [6, 6.07) is 12.3. The second kappa shape index (κ2) is 10.6. The Morgan fingerprint density at radius 3 is 2.50 bits per heavy atom. The maximum Gasteiger partial charge on any atom is 0.412 e. The van der Waals surface area contributed by atoms with Gasteiger partial charge in [-0.15, -0.1) is 0 Å². The number of ether oxygens (including phenoxy) is 1. The molecule has 0 saturated carbocycles. The molecule has 0 aliphatic heterocycles. The van der Waals surface area contributed by atoms with Crippen molar-refractivity contribution in [2.24, 2.45) is 5.41 Å². The maximum atomic E-state index is 12.6. The first-order chi connectivity index (χ1) is 14.1. The summed E-state index contributed by atoms with van der Waals surface area (Å²) in [5.41, 5.74) is 0.406. The summed E-state index contributed by atoms with van der Waals surface area (Å²) in [5.74, 6) is -1.04. The van der Waals surface area contributed by atoms with E-state index in [-0.39, 0.29) is 5.75 Å². The number of aromatic hydroxyl groups is 1. The van der Waals surface area contributed by atoms with Crippen LogP contribution in [0.2, 0.25) is 0 Å². The highest BCUT2D eigenvalue weighted by Gasteiger charge is 2.36. The number of hydrogen-bond acceptors (Lipinski definition) is 4. The van der Waals surface area contributed by atoms with Crippen molar-refractivity contribution < 1.29 is 24.5 Å². The highest BCUT2D eigenvalue weighted by Crippen LogP contribution is 2.46. The molecular formula is C22H23Br2NO5. The van der Waals surface area contributed by atoms with Crippen LogP contribution in [-0.2, 0) is 9.53 Å². The third-order valence-corrected chi connectivity index (χ3v) is 5.57. The highest BCUT2D eigenvalue weighted by atomic mass is 79.9. The SMILES string of the molecule is CC(C)(CC/C=C/C(=O)O)[C@@H](OC(=O)Nc1ccccc1)c1cc(Br)cc(Br)c1O. The van der Waals surface area contributed by atoms with Gasteiger partial charge in [0.25, 0.3) is 0 Å². The van der Waals surface area contributed by atoms with Crippen LogP contribution in [0.15, 0.2) is 63.6 Å². The Balaban J connectivity index is 2.32. The van der Waals surface area contributed by atoms with Crippen molar-refractivity contribution >= 4 is 49.6 Å². The maximum absolute atomic E-state index is 12.6. The van der Waals surface area contributed by atoms with E-state index in [4.69, 9.17) is 9.84 Å². The van der Waals surface area contributed by atoms with Crippen LogP contribution in [0.3, 0.4) is 0 Å². The minimum Gasteiger partial charge on any atom is -0.506 e. The Labute approximate surface area is 192 Å². The molecule has 6 nitrogen and oxygen atoms in total. The molecule has 0 aliphatic carbocycles. The first-order valence-electron chi connectivity index (χ1n) is 9.20. The number of nitrogens with one attached hydrogen (secondary N) is 1. The first kappa shape index (κ1) is 24.0. The number of allylic oxidation sites excluding steroid dienone is 1. The monoisotopic (exact) mass is 539 g/mol. The molecular weight excluding hydrogens is 518 g/mol. The van der Waals surface area contributed by atoms with E-state index in [9.17, 15) is 14.7 Å². The van der Waals surface area contributed by atoms with E-state index in [2.05, 4.69) is 37.2 Å². The number of carboxylic acids is 1. The van der Waals surface area contributed by atoms with Gasteiger partial charge in [-0.3, -0.25) is 5.32 Å². The quantitative estimate of drug-likeness (QED) is 0.325. The van der Waals surface area contributed by atoms with Gasteiger partial charge in [-0.05, 0) is 53.0 Å². The van der Waals surface area contributed by atoms with Crippen molar-refractivity contribution in [3.05, 3.63) is 69.1 Å². The largest absolute Gasteiger partial charge is 0.506 e. The van der Waals surface area contributed by atoms with Gasteiger partial charge in [-0.25, -0.2) is 9.59 Å². The lowest BCUT2D eigenvalue weighted by Crippen LogP contribution is -2.29. The van der Waals surface area contributed by atoms with Crippen LogP contribution in [0.5, 0.6) is 5.75 Å². The van der Waals surface area contributed by atoms with E-state index in [0.29, 0.717) is 33.0 Å². The fraction of sp³-hybridized carbons (Fsp3) is 0.273. The minimum atomic E-state index is -1.02. The molecule has 0 heterocycles. The van der Waals surface area contributed by atoms with Gasteiger partial charge in [0.2, 0.25) is 0 Å². The smallest absolute Gasteiger partial charge is 0.412 e. The molecule has 1 atom stereocenters. The lowest BCUT2D eigenvalue weighted by Gasteiger charge is -2.34. The third kappa shape index (κ3) is 6.88. The van der Waals surface area contributed by atoms with Gasteiger partial charge in [0.1, 0.15) is 11.9 Å². The number of benzene rings is 2. The van der Waals surface area contributed by atoms with Crippen LogP contribution in [0.4, 0.5) is 10.5 Å². The molecule has 160 valence electrons. The summed E-state index contributed by atoms with van der Waals surface area (Å²) in [7, 11) is 0. The molecule has 0 bridgehead atoms.